The van der Waals surface area contributed by atoms with Gasteiger partial charge in [-0.3, -0.25) is 0 Å². The van der Waals surface area contributed by atoms with Crippen LogP contribution >= 0.6 is 0 Å². The molecule has 3 heterocycles. The maximum atomic E-state index is 6.00. The molecule has 0 atom stereocenters. The zero-order chi connectivity index (χ0) is 14.4. The number of oxazole rings is 1. The first kappa shape index (κ1) is 11.7. The van der Waals surface area contributed by atoms with Gasteiger partial charge in [0.2, 0.25) is 5.95 Å². The van der Waals surface area contributed by atoms with Gasteiger partial charge in [-0.25, -0.2) is 9.97 Å². The van der Waals surface area contributed by atoms with Gasteiger partial charge in [0.1, 0.15) is 17.0 Å². The highest BCUT2D eigenvalue weighted by Crippen LogP contribution is 2.30. The predicted molar refractivity (Wildman–Crippen MR) is 77.0 cm³/mol. The maximum Gasteiger partial charge on any atom is 0.222 e. The van der Waals surface area contributed by atoms with Gasteiger partial charge in [0.05, 0.1) is 18.8 Å². The molecule has 0 saturated carbocycles. The number of nitrogens with two attached hydrogens (primary N) is 1. The van der Waals surface area contributed by atoms with Crippen LogP contribution in [0.4, 0.5) is 5.95 Å². The van der Waals surface area contributed by atoms with Crippen molar-refractivity contribution in [1.29, 1.82) is 0 Å². The first-order valence-corrected chi connectivity index (χ1v) is 6.29. The number of anilines is 1. The smallest absolute Gasteiger partial charge is 0.222 e. The largest absolute Gasteiger partial charge is 0.494 e. The Morgan fingerprint density at radius 1 is 1.33 bits per heavy atom. The molecule has 0 spiro atoms. The molecule has 104 valence electrons. The molecular weight excluding hydrogens is 270 g/mol. The molecule has 2 N–H and O–H groups in total. The van der Waals surface area contributed by atoms with Gasteiger partial charge in [-0.05, 0) is 12.1 Å². The van der Waals surface area contributed by atoms with E-state index in [1.165, 1.54) is 6.39 Å². The summed E-state index contributed by atoms with van der Waals surface area (Å²) >= 11 is 0. The summed E-state index contributed by atoms with van der Waals surface area (Å²) in [5.74, 6) is 1.53. The summed E-state index contributed by atoms with van der Waals surface area (Å²) in [5.41, 5.74) is 8.19. The van der Waals surface area contributed by atoms with Gasteiger partial charge in [0.15, 0.2) is 12.2 Å². The number of nitrogen functional groups attached to an aromatic ring is 1. The van der Waals surface area contributed by atoms with Crippen LogP contribution in [0, 0.1) is 0 Å². The molecule has 0 aliphatic rings. The molecule has 0 fully saturated rings. The molecule has 0 amide bonds. The Labute approximate surface area is 119 Å². The minimum Gasteiger partial charge on any atom is -0.494 e. The third kappa shape index (κ3) is 1.64. The summed E-state index contributed by atoms with van der Waals surface area (Å²) in [6.45, 7) is 0. The molecule has 4 rings (SSSR count). The van der Waals surface area contributed by atoms with Gasteiger partial charge in [-0.2, -0.15) is 9.61 Å². The van der Waals surface area contributed by atoms with Crippen molar-refractivity contribution in [2.75, 3.05) is 12.8 Å². The lowest BCUT2D eigenvalue weighted by molar-refractivity contribution is 0.419. The van der Waals surface area contributed by atoms with E-state index in [4.69, 9.17) is 14.9 Å². The molecule has 0 unspecified atom stereocenters. The highest BCUT2D eigenvalue weighted by Gasteiger charge is 2.14. The molecule has 4 aromatic rings. The summed E-state index contributed by atoms with van der Waals surface area (Å²) in [6, 6.07) is 7.59. The molecule has 1 aromatic carbocycles. The minimum atomic E-state index is 0.285. The molecule has 7 nitrogen and oxygen atoms in total. The van der Waals surface area contributed by atoms with E-state index in [1.54, 1.807) is 17.8 Å². The molecule has 21 heavy (non-hydrogen) atoms. The van der Waals surface area contributed by atoms with Crippen LogP contribution in [0.15, 0.2) is 41.3 Å². The summed E-state index contributed by atoms with van der Waals surface area (Å²) in [7, 11) is 1.60. The predicted octanol–water partition coefficient (Wildman–Crippen LogP) is 2.13. The molecule has 0 aliphatic heterocycles. The van der Waals surface area contributed by atoms with Crippen LogP contribution in [0.25, 0.3) is 27.9 Å². The number of fused-ring (bicyclic) bond motifs is 3. The minimum absolute atomic E-state index is 0.285. The summed E-state index contributed by atoms with van der Waals surface area (Å²) in [4.78, 5) is 8.27. The van der Waals surface area contributed by atoms with Crippen molar-refractivity contribution in [3.63, 3.8) is 0 Å². The number of hydrogen-bond acceptors (Lipinski definition) is 6. The van der Waals surface area contributed by atoms with Gasteiger partial charge < -0.3 is 14.9 Å². The number of hydrogen-bond donors (Lipinski definition) is 1. The Morgan fingerprint density at radius 2 is 2.24 bits per heavy atom. The van der Waals surface area contributed by atoms with Crippen LogP contribution in [0.2, 0.25) is 0 Å². The van der Waals surface area contributed by atoms with Gasteiger partial charge in [0.25, 0.3) is 0 Å². The van der Waals surface area contributed by atoms with Crippen LogP contribution < -0.4 is 10.5 Å². The van der Waals surface area contributed by atoms with Gasteiger partial charge in [-0.1, -0.05) is 12.1 Å². The highest BCUT2D eigenvalue weighted by molar-refractivity contribution is 5.98. The number of aromatic nitrogens is 4. The van der Waals surface area contributed by atoms with Crippen molar-refractivity contribution >= 4 is 22.4 Å². The van der Waals surface area contributed by atoms with Crippen LogP contribution in [0.3, 0.4) is 0 Å². The maximum absolute atomic E-state index is 6.00. The van der Waals surface area contributed by atoms with Crippen LogP contribution in [0.1, 0.15) is 0 Å². The topological polar surface area (TPSA) is 91.5 Å². The first-order chi connectivity index (χ1) is 10.3. The second-order valence-electron chi connectivity index (χ2n) is 4.52. The lowest BCUT2D eigenvalue weighted by Crippen LogP contribution is -2.03. The van der Waals surface area contributed by atoms with Gasteiger partial charge in [-0.15, -0.1) is 0 Å². The van der Waals surface area contributed by atoms with E-state index in [0.717, 1.165) is 10.9 Å². The van der Waals surface area contributed by atoms with Gasteiger partial charge >= 0.3 is 0 Å². The third-order valence-corrected chi connectivity index (χ3v) is 3.33. The number of methoxy groups -OCH3 is 1. The van der Waals surface area contributed by atoms with E-state index in [2.05, 4.69) is 15.1 Å². The number of rotatable bonds is 2. The second kappa shape index (κ2) is 4.20. The van der Waals surface area contributed by atoms with E-state index >= 15 is 0 Å². The highest BCUT2D eigenvalue weighted by atomic mass is 16.5. The number of benzene rings is 1. The molecule has 0 aliphatic carbocycles. The van der Waals surface area contributed by atoms with E-state index in [-0.39, 0.29) is 5.95 Å². The Bertz CT molecular complexity index is 943. The molecule has 0 bridgehead atoms. The van der Waals surface area contributed by atoms with Crippen LogP contribution in [-0.2, 0) is 0 Å². The summed E-state index contributed by atoms with van der Waals surface area (Å²) in [5, 5.41) is 5.32. The SMILES string of the molecule is COc1cccc2c1nc(N)n1nc(-c3cnco3)cc21. The van der Waals surface area contributed by atoms with Gasteiger partial charge in [0, 0.05) is 5.39 Å². The molecule has 0 saturated heterocycles. The zero-order valence-corrected chi connectivity index (χ0v) is 11.1. The summed E-state index contributed by atoms with van der Waals surface area (Å²) in [6.07, 6.45) is 2.97. The first-order valence-electron chi connectivity index (χ1n) is 6.29. The Morgan fingerprint density at radius 3 is 3.00 bits per heavy atom. The van der Waals surface area contributed by atoms with Crippen molar-refractivity contribution in [2.45, 2.75) is 0 Å². The standard InChI is InChI=1S/C14H11N5O2/c1-20-11-4-2-3-8-10-5-9(12-6-16-7-21-12)18-19(10)14(15)17-13(8)11/h2-7H,1H3,(H2,15,17). The fourth-order valence-corrected chi connectivity index (χ4v) is 2.38. The van der Waals surface area contributed by atoms with Crippen molar-refractivity contribution in [3.8, 4) is 17.2 Å². The van der Waals surface area contributed by atoms with Crippen LogP contribution in [-0.4, -0.2) is 26.7 Å². The van der Waals surface area contributed by atoms with E-state index < -0.39 is 0 Å². The Balaban J connectivity index is 2.10. The lowest BCUT2D eigenvalue weighted by Gasteiger charge is -2.07. The van der Waals surface area contributed by atoms with E-state index in [1.807, 2.05) is 24.3 Å². The van der Waals surface area contributed by atoms with Crippen molar-refractivity contribution in [1.82, 2.24) is 19.6 Å². The number of ether oxygens (including phenoxy) is 1. The van der Waals surface area contributed by atoms with Crippen molar-refractivity contribution in [3.05, 3.63) is 36.9 Å². The molecular formula is C14H11N5O2. The summed E-state index contributed by atoms with van der Waals surface area (Å²) < 4.78 is 12.2. The molecule has 3 aromatic heterocycles. The van der Waals surface area contributed by atoms with Crippen molar-refractivity contribution < 1.29 is 9.15 Å². The Hall–Kier alpha value is -3.09. The molecule has 0 radical (unpaired) electrons. The zero-order valence-electron chi connectivity index (χ0n) is 11.1. The van der Waals surface area contributed by atoms with E-state index in [0.29, 0.717) is 22.7 Å². The fraction of sp³-hybridized carbons (Fsp3) is 0.0714. The van der Waals surface area contributed by atoms with Crippen molar-refractivity contribution in [2.24, 2.45) is 0 Å². The Kier molecular flexibility index (Phi) is 2.34. The molecule has 7 heteroatoms. The lowest BCUT2D eigenvalue weighted by atomic mass is 10.2. The second-order valence-corrected chi connectivity index (χ2v) is 4.52. The average Bonchev–Trinajstić information content (AvgIpc) is 3.16. The monoisotopic (exact) mass is 281 g/mol. The fourth-order valence-electron chi connectivity index (χ4n) is 2.38. The third-order valence-electron chi connectivity index (χ3n) is 3.33. The number of para-hydroxylation sites is 1. The van der Waals surface area contributed by atoms with E-state index in [9.17, 15) is 0 Å². The quantitative estimate of drug-likeness (QED) is 0.605. The van der Waals surface area contributed by atoms with Crippen LogP contribution in [0.5, 0.6) is 5.75 Å². The number of nitrogens with zero attached hydrogens (tertiary/aromatic N) is 4. The normalized spacial score (nSPS) is 11.3. The average molecular weight is 281 g/mol.